The normalized spacial score (nSPS) is 23.6. The van der Waals surface area contributed by atoms with Crippen molar-refractivity contribution < 1.29 is 23.5 Å². The lowest BCUT2D eigenvalue weighted by molar-refractivity contribution is 0.236. The number of fused-ring (bicyclic) bond motifs is 4. The van der Waals surface area contributed by atoms with Crippen LogP contribution in [0.15, 0.2) is 147 Å². The quantitative estimate of drug-likeness (QED) is 0.163. The van der Waals surface area contributed by atoms with Gasteiger partial charge in [-0.2, -0.15) is 5.10 Å². The highest BCUT2D eigenvalue weighted by molar-refractivity contribution is 5.79. The minimum atomic E-state index is -0.0740. The lowest BCUT2D eigenvalue weighted by Crippen LogP contribution is -2.35. The van der Waals surface area contributed by atoms with Crippen molar-refractivity contribution in [2.75, 3.05) is 26.4 Å². The molecule has 4 aromatic carbocycles. The molecule has 4 aliphatic heterocycles. The van der Waals surface area contributed by atoms with Gasteiger partial charge in [-0.15, -0.1) is 0 Å². The molecule has 0 bridgehead atoms. The van der Waals surface area contributed by atoms with Crippen LogP contribution in [-0.4, -0.2) is 107 Å². The lowest BCUT2D eigenvalue weighted by atomic mass is 9.76. The van der Waals surface area contributed by atoms with Crippen molar-refractivity contribution in [3.8, 4) is 44.8 Å². The summed E-state index contributed by atoms with van der Waals surface area (Å²) in [7, 11) is 2.00. The number of benzene rings is 4. The Hall–Kier alpha value is -8.66. The minimum Gasteiger partial charge on any atom is -0.479 e. The fourth-order valence-electron chi connectivity index (χ4n) is 14.3. The maximum absolute atomic E-state index is 5.63. The summed E-state index contributed by atoms with van der Waals surface area (Å²) < 4.78 is 29.8. The van der Waals surface area contributed by atoms with Crippen molar-refractivity contribution in [3.63, 3.8) is 0 Å². The summed E-state index contributed by atoms with van der Waals surface area (Å²) >= 11 is 0. The molecule has 85 heavy (non-hydrogen) atoms. The van der Waals surface area contributed by atoms with E-state index >= 15 is 0 Å². The van der Waals surface area contributed by atoms with Gasteiger partial charge in [0.2, 0.25) is 0 Å². The highest BCUT2D eigenvalue weighted by Gasteiger charge is 2.43. The molecule has 434 valence electrons. The number of hydrogen-bond acceptors (Lipinski definition) is 15. The molecule has 8 aromatic rings. The largest absolute Gasteiger partial charge is 0.479 e. The van der Waals surface area contributed by atoms with E-state index in [0.29, 0.717) is 13.2 Å². The first-order valence-corrected chi connectivity index (χ1v) is 29.9. The lowest BCUT2D eigenvalue weighted by Gasteiger charge is -2.31. The van der Waals surface area contributed by atoms with E-state index in [1.54, 1.807) is 18.7 Å². The van der Waals surface area contributed by atoms with Gasteiger partial charge in [-0.1, -0.05) is 78.0 Å². The number of aromatic nitrogens is 7. The van der Waals surface area contributed by atoms with Crippen LogP contribution in [-0.2, 0) is 77.4 Å². The van der Waals surface area contributed by atoms with Crippen LogP contribution >= 0.6 is 0 Å². The van der Waals surface area contributed by atoms with Gasteiger partial charge in [0.1, 0.15) is 60.7 Å². The van der Waals surface area contributed by atoms with E-state index in [9.17, 15) is 0 Å². The van der Waals surface area contributed by atoms with Crippen molar-refractivity contribution in [3.05, 3.63) is 178 Å². The third-order valence-corrected chi connectivity index (χ3v) is 18.4. The van der Waals surface area contributed by atoms with Crippen LogP contribution in [0.25, 0.3) is 44.8 Å². The van der Waals surface area contributed by atoms with Crippen molar-refractivity contribution in [1.82, 2.24) is 34.9 Å². The minimum absolute atomic E-state index is 0.0256. The Morgan fingerprint density at radius 2 is 0.929 bits per heavy atom. The highest BCUT2D eigenvalue weighted by atomic mass is 16.5. The molecule has 16 nitrogen and oxygen atoms in total. The number of rotatable bonds is 4. The van der Waals surface area contributed by atoms with E-state index in [0.717, 1.165) is 142 Å². The summed E-state index contributed by atoms with van der Waals surface area (Å²) in [5.41, 5.74) is 21.4. The third-order valence-electron chi connectivity index (χ3n) is 18.4. The zero-order valence-corrected chi connectivity index (χ0v) is 49.8. The Bertz CT molecular complexity index is 3930. The molecule has 4 atom stereocenters. The second-order valence-corrected chi connectivity index (χ2v) is 24.3. The van der Waals surface area contributed by atoms with E-state index in [2.05, 4.69) is 109 Å². The molecule has 0 N–H and O–H groups in total. The molecule has 16 heteroatoms. The Labute approximate surface area is 497 Å². The Morgan fingerprint density at radius 3 is 1.41 bits per heavy atom. The predicted octanol–water partition coefficient (Wildman–Crippen LogP) is 12.0. The molecule has 0 saturated carbocycles. The number of ether oxygens (including phenoxy) is 4. The van der Waals surface area contributed by atoms with Crippen molar-refractivity contribution in [1.29, 1.82) is 0 Å². The zero-order chi connectivity index (χ0) is 58.3. The number of aryl methyl sites for hydroxylation is 4. The Morgan fingerprint density at radius 1 is 0.447 bits per heavy atom. The molecule has 8 aliphatic rings. The number of aliphatic imine (C=N–C) groups is 4. The van der Waals surface area contributed by atoms with Crippen molar-refractivity contribution >= 4 is 23.6 Å². The van der Waals surface area contributed by atoms with Gasteiger partial charge in [0.05, 0.1) is 23.3 Å². The molecule has 4 aliphatic carbocycles. The van der Waals surface area contributed by atoms with Crippen LogP contribution in [0, 0.1) is 13.8 Å². The molecule has 0 radical (unpaired) electrons. The van der Waals surface area contributed by atoms with E-state index in [4.69, 9.17) is 43.4 Å². The average Bonchev–Trinajstić information content (AvgIpc) is 3.71. The van der Waals surface area contributed by atoms with Gasteiger partial charge < -0.3 is 23.5 Å². The highest BCUT2D eigenvalue weighted by Crippen LogP contribution is 2.44. The van der Waals surface area contributed by atoms with Crippen LogP contribution in [0.1, 0.15) is 109 Å². The molecular weight excluding hydrogens is 1060 g/mol. The number of hydrogen-bond donors (Lipinski definition) is 0. The monoisotopic (exact) mass is 1140 g/mol. The molecule has 0 amide bonds. The summed E-state index contributed by atoms with van der Waals surface area (Å²) in [6.45, 7) is 14.7. The van der Waals surface area contributed by atoms with Crippen LogP contribution in [0.5, 0.6) is 0 Å². The summed E-state index contributed by atoms with van der Waals surface area (Å²) in [6, 6.07) is 28.2. The third kappa shape index (κ3) is 11.2. The van der Waals surface area contributed by atoms with E-state index < -0.39 is 0 Å². The predicted molar refractivity (Wildman–Crippen MR) is 330 cm³/mol. The van der Waals surface area contributed by atoms with Gasteiger partial charge >= 0.3 is 0 Å². The molecule has 4 unspecified atom stereocenters. The average molecular weight is 1140 g/mol. The Balaban J connectivity index is 0.000000105. The maximum atomic E-state index is 5.63. The van der Waals surface area contributed by atoms with Gasteiger partial charge in [-0.05, 0) is 127 Å². The fourth-order valence-corrected chi connectivity index (χ4v) is 14.3. The topological polar surface area (TPSA) is 182 Å². The van der Waals surface area contributed by atoms with Gasteiger partial charge in [-0.25, -0.2) is 29.9 Å². The van der Waals surface area contributed by atoms with Gasteiger partial charge in [0.25, 0.3) is 0 Å². The first-order chi connectivity index (χ1) is 41.3. The van der Waals surface area contributed by atoms with Crippen molar-refractivity contribution in [2.24, 2.45) is 27.0 Å². The standard InChI is InChI=1S/C18H20N2O2.C17H19N3O.2C17H17N3O/c1-11-17(12(2)22-20-11)16-6-4-5-14-9-18(8-7-15(14)16)10-21-13(3)19-18;1-12-19-17(11-21-12)8-6-14-13(10-17)4-3-5-15(14)16-7-9-18-20(16)2;1-12-20-17(10-21-12)6-5-16-13(7-17)3-2-4-15(16)14-8-18-11-19-9-14;1-12-20-17(11-21-12)6-5-13-3-2-4-14(15(13)9-17)16-10-18-7-8-19-16/h4-6H,7-10H2,1-3H3;3-5,7,9H,6,8,10-11H2,1-2H3;2-4,8-9,11H,5-7,10H2,1H3;2-4,7-8,10H,5-6,9,11H2,1H3. The zero-order valence-electron chi connectivity index (χ0n) is 49.8. The van der Waals surface area contributed by atoms with Crippen LogP contribution < -0.4 is 0 Å². The SMILES string of the molecule is CC1=NC2(CCc3c(cccc3-c3c(C)noc3C)C2)CO1.CC1=NC2(CCc3c(cccc3-c3ccnn3C)C2)CO1.CC1=NC2(CCc3c(cccc3-c3cncnc3)C2)CO1.CC1=NC2(CCc3cccc(-c4cnccn4)c3C2)CO1. The van der Waals surface area contributed by atoms with Gasteiger partial charge in [-0.3, -0.25) is 14.6 Å². The van der Waals surface area contributed by atoms with Crippen LogP contribution in [0.4, 0.5) is 0 Å². The molecule has 4 spiro atoms. The summed E-state index contributed by atoms with van der Waals surface area (Å²) in [6.07, 6.45) is 24.6. The molecule has 4 aromatic heterocycles. The first kappa shape index (κ1) is 55.5. The maximum Gasteiger partial charge on any atom is 0.180 e. The van der Waals surface area contributed by atoms with Crippen LogP contribution in [0.3, 0.4) is 0 Å². The molecular formula is C69H73N11O5. The smallest absolute Gasteiger partial charge is 0.180 e. The van der Waals surface area contributed by atoms with Crippen LogP contribution in [0.2, 0.25) is 0 Å². The first-order valence-electron chi connectivity index (χ1n) is 29.9. The van der Waals surface area contributed by atoms with E-state index in [1.807, 2.05) is 78.1 Å². The van der Waals surface area contributed by atoms with Gasteiger partial charge in [0, 0.05) is 114 Å². The molecule has 0 saturated heterocycles. The van der Waals surface area contributed by atoms with E-state index in [1.165, 1.54) is 72.5 Å². The second-order valence-electron chi connectivity index (χ2n) is 24.3. The summed E-state index contributed by atoms with van der Waals surface area (Å²) in [5, 5.41) is 8.40. The fraction of sp³-hybridized carbons (Fsp3) is 0.391. The van der Waals surface area contributed by atoms with Crippen molar-refractivity contribution in [2.45, 2.75) is 141 Å². The van der Waals surface area contributed by atoms with E-state index in [-0.39, 0.29) is 22.2 Å². The molecule has 16 rings (SSSR count). The summed E-state index contributed by atoms with van der Waals surface area (Å²) in [4.78, 5) is 36.0. The molecule has 0 fully saturated rings. The van der Waals surface area contributed by atoms with Gasteiger partial charge in [0.15, 0.2) is 23.6 Å². The molecule has 8 heterocycles. The summed E-state index contributed by atoms with van der Waals surface area (Å²) in [5.74, 6) is 4.19. The second kappa shape index (κ2) is 22.7. The Kier molecular flexibility index (Phi) is 14.8. The number of nitrogens with zero attached hydrogens (tertiary/aromatic N) is 11.